The number of carboxylic acids is 1. The van der Waals surface area contributed by atoms with Crippen LogP contribution in [0.25, 0.3) is 0 Å². The third-order valence-corrected chi connectivity index (χ3v) is 6.51. The van der Waals surface area contributed by atoms with Crippen LogP contribution in [0.15, 0.2) is 0 Å². The average molecular weight is 366 g/mol. The highest BCUT2D eigenvalue weighted by Crippen LogP contribution is 2.40. The Balaban J connectivity index is 4.40. The second-order valence-corrected chi connectivity index (χ2v) is 10.9. The maximum absolute atomic E-state index is 11.6. The Hall–Kier alpha value is -0.560. The Morgan fingerprint density at radius 2 is 1.74 bits per heavy atom. The van der Waals surface area contributed by atoms with Gasteiger partial charge in [-0.05, 0) is 33.6 Å². The van der Waals surface area contributed by atoms with Crippen LogP contribution in [0.2, 0.25) is 0 Å². The van der Waals surface area contributed by atoms with Gasteiger partial charge >= 0.3 is 12.1 Å². The minimum absolute atomic E-state index is 0.105. The molecule has 0 aliphatic carbocycles. The number of alkyl carbamates (subject to hydrolysis) is 1. The number of carboxylic acid groups (broad SMARTS) is 1. The van der Waals surface area contributed by atoms with E-state index in [-0.39, 0.29) is 10.00 Å². The summed E-state index contributed by atoms with van der Waals surface area (Å²) in [5.41, 5.74) is -0.516. The van der Waals surface area contributed by atoms with Crippen molar-refractivity contribution in [2.24, 2.45) is 5.92 Å². The Kier molecular flexibility index (Phi) is 9.43. The van der Waals surface area contributed by atoms with E-state index in [1.54, 1.807) is 28.5 Å². The van der Waals surface area contributed by atoms with Gasteiger partial charge in [0.15, 0.2) is 0 Å². The molecule has 1 amide bonds. The summed E-state index contributed by atoms with van der Waals surface area (Å²) < 4.78 is 5.30. The molecule has 0 saturated carbocycles. The molecule has 0 heterocycles. The summed E-state index contributed by atoms with van der Waals surface area (Å²) in [6.45, 7) is 14.0. The zero-order valence-electron chi connectivity index (χ0n) is 15.3. The van der Waals surface area contributed by atoms with E-state index in [0.29, 0.717) is 19.4 Å². The fraction of sp³-hybridized carbons (Fsp3) is 0.875. The van der Waals surface area contributed by atoms with Crippen LogP contribution in [0.1, 0.15) is 61.3 Å². The topological polar surface area (TPSA) is 75.6 Å². The Labute approximate surface area is 148 Å². The second-order valence-electron chi connectivity index (χ2n) is 7.61. The summed E-state index contributed by atoms with van der Waals surface area (Å²) in [5, 5.41) is 12.0. The molecule has 0 aromatic heterocycles. The van der Waals surface area contributed by atoms with Gasteiger partial charge in [-0.15, -0.1) is 0 Å². The molecule has 0 fully saturated rings. The molecule has 136 valence electrons. The number of rotatable bonds is 8. The maximum Gasteiger partial charge on any atom is 0.407 e. The average Bonchev–Trinajstić information content (AvgIpc) is 2.32. The van der Waals surface area contributed by atoms with Gasteiger partial charge in [0.2, 0.25) is 0 Å². The molecular weight excluding hydrogens is 334 g/mol. The zero-order chi connectivity index (χ0) is 18.3. The van der Waals surface area contributed by atoms with Gasteiger partial charge in [0.05, 0.1) is 5.92 Å². The lowest BCUT2D eigenvalue weighted by molar-refractivity contribution is -0.141. The summed E-state index contributed by atoms with van der Waals surface area (Å²) in [4.78, 5) is 22.7. The Morgan fingerprint density at radius 3 is 2.17 bits per heavy atom. The predicted octanol–water partition coefficient (Wildman–Crippen LogP) is 4.56. The SMILES string of the molecule is CC(CC(CCNC(=O)OC(C)(C)C)SSC(C)(C)C)C(=O)O. The van der Waals surface area contributed by atoms with Crippen molar-refractivity contribution in [3.63, 3.8) is 0 Å². The minimum Gasteiger partial charge on any atom is -0.481 e. The lowest BCUT2D eigenvalue weighted by Gasteiger charge is -2.24. The lowest BCUT2D eigenvalue weighted by atomic mass is 10.0. The van der Waals surface area contributed by atoms with Crippen molar-refractivity contribution in [3.8, 4) is 0 Å². The molecule has 0 aliphatic heterocycles. The van der Waals surface area contributed by atoms with Gasteiger partial charge in [-0.2, -0.15) is 0 Å². The van der Waals surface area contributed by atoms with E-state index in [1.165, 1.54) is 0 Å². The number of hydrogen-bond donors (Lipinski definition) is 2. The van der Waals surface area contributed by atoms with Gasteiger partial charge in [0.25, 0.3) is 0 Å². The number of carbonyl (C=O) groups excluding carboxylic acids is 1. The number of hydrogen-bond acceptors (Lipinski definition) is 5. The molecule has 7 heteroatoms. The molecule has 2 unspecified atom stereocenters. The first-order chi connectivity index (χ1) is 10.3. The van der Waals surface area contributed by atoms with Gasteiger partial charge in [0, 0.05) is 16.5 Å². The van der Waals surface area contributed by atoms with Crippen LogP contribution in [-0.2, 0) is 9.53 Å². The van der Waals surface area contributed by atoms with Crippen LogP contribution in [-0.4, -0.2) is 39.3 Å². The number of carbonyl (C=O) groups is 2. The van der Waals surface area contributed by atoms with Crippen molar-refractivity contribution in [1.29, 1.82) is 0 Å². The molecule has 2 atom stereocenters. The van der Waals surface area contributed by atoms with Gasteiger partial charge < -0.3 is 15.2 Å². The maximum atomic E-state index is 11.6. The minimum atomic E-state index is -0.781. The van der Waals surface area contributed by atoms with E-state index < -0.39 is 23.6 Å². The Morgan fingerprint density at radius 1 is 1.17 bits per heavy atom. The normalized spacial score (nSPS) is 14.9. The summed E-state index contributed by atoms with van der Waals surface area (Å²) in [6, 6.07) is 0. The van der Waals surface area contributed by atoms with Crippen LogP contribution >= 0.6 is 21.6 Å². The second kappa shape index (κ2) is 9.67. The molecule has 23 heavy (non-hydrogen) atoms. The molecule has 0 radical (unpaired) electrons. The number of amides is 1. The molecule has 0 aromatic carbocycles. The molecule has 0 spiro atoms. The van der Waals surface area contributed by atoms with Gasteiger partial charge in [0.1, 0.15) is 5.60 Å². The van der Waals surface area contributed by atoms with E-state index >= 15 is 0 Å². The molecule has 0 aromatic rings. The number of ether oxygens (including phenoxy) is 1. The summed E-state index contributed by atoms with van der Waals surface area (Å²) in [7, 11) is 3.44. The standard InChI is InChI=1S/C16H31NO4S2/c1-11(13(18)19)10-12(22-23-16(5,6)7)8-9-17-14(20)21-15(2,3)4/h11-12H,8-10H2,1-7H3,(H,17,20)(H,18,19). The van der Waals surface area contributed by atoms with Crippen LogP contribution in [0, 0.1) is 5.92 Å². The van der Waals surface area contributed by atoms with E-state index in [0.717, 1.165) is 0 Å². The molecule has 0 saturated heterocycles. The van der Waals surface area contributed by atoms with Crippen molar-refractivity contribution < 1.29 is 19.4 Å². The van der Waals surface area contributed by atoms with Crippen molar-refractivity contribution in [1.82, 2.24) is 5.32 Å². The van der Waals surface area contributed by atoms with E-state index in [2.05, 4.69) is 26.1 Å². The first kappa shape index (κ1) is 22.4. The van der Waals surface area contributed by atoms with Crippen molar-refractivity contribution in [2.75, 3.05) is 6.54 Å². The van der Waals surface area contributed by atoms with Crippen LogP contribution < -0.4 is 5.32 Å². The van der Waals surface area contributed by atoms with Crippen molar-refractivity contribution in [2.45, 2.75) is 76.9 Å². The predicted molar refractivity (Wildman–Crippen MR) is 99.0 cm³/mol. The van der Waals surface area contributed by atoms with Crippen molar-refractivity contribution >= 4 is 33.7 Å². The zero-order valence-corrected chi connectivity index (χ0v) is 16.9. The fourth-order valence-corrected chi connectivity index (χ4v) is 4.37. The smallest absolute Gasteiger partial charge is 0.407 e. The highest BCUT2D eigenvalue weighted by atomic mass is 33.1. The molecule has 0 bridgehead atoms. The van der Waals surface area contributed by atoms with Gasteiger partial charge in [-0.1, -0.05) is 49.3 Å². The highest BCUT2D eigenvalue weighted by molar-refractivity contribution is 8.77. The lowest BCUT2D eigenvalue weighted by Crippen LogP contribution is -2.34. The summed E-state index contributed by atoms with van der Waals surface area (Å²) in [5.74, 6) is -1.17. The Bertz CT molecular complexity index is 389. The highest BCUT2D eigenvalue weighted by Gasteiger charge is 2.22. The van der Waals surface area contributed by atoms with E-state index in [9.17, 15) is 9.59 Å². The quantitative estimate of drug-likeness (QED) is 0.614. The third-order valence-electron chi connectivity index (χ3n) is 2.61. The number of nitrogens with one attached hydrogen (secondary N) is 1. The summed E-state index contributed by atoms with van der Waals surface area (Å²) >= 11 is 0. The third kappa shape index (κ3) is 13.6. The monoisotopic (exact) mass is 365 g/mol. The summed E-state index contributed by atoms with van der Waals surface area (Å²) in [6.07, 6.45) is 0.861. The van der Waals surface area contributed by atoms with Crippen LogP contribution in [0.3, 0.4) is 0 Å². The van der Waals surface area contributed by atoms with Crippen LogP contribution in [0.5, 0.6) is 0 Å². The largest absolute Gasteiger partial charge is 0.481 e. The number of aliphatic carboxylic acids is 1. The van der Waals surface area contributed by atoms with Gasteiger partial charge in [-0.25, -0.2) is 4.79 Å². The molecule has 5 nitrogen and oxygen atoms in total. The van der Waals surface area contributed by atoms with E-state index in [4.69, 9.17) is 9.84 Å². The van der Waals surface area contributed by atoms with Gasteiger partial charge in [-0.3, -0.25) is 4.79 Å². The molecule has 0 aliphatic rings. The van der Waals surface area contributed by atoms with Crippen LogP contribution in [0.4, 0.5) is 4.79 Å². The van der Waals surface area contributed by atoms with E-state index in [1.807, 2.05) is 20.8 Å². The molecule has 2 N–H and O–H groups in total. The molecule has 0 rings (SSSR count). The van der Waals surface area contributed by atoms with Crippen molar-refractivity contribution in [3.05, 3.63) is 0 Å². The first-order valence-corrected chi connectivity index (χ1v) is 10.1. The first-order valence-electron chi connectivity index (χ1n) is 7.84. The fourth-order valence-electron chi connectivity index (χ4n) is 1.56. The molecular formula is C16H31NO4S2.